The molecule has 0 aliphatic carbocycles. The van der Waals surface area contributed by atoms with E-state index in [1.807, 2.05) is 0 Å². The maximum absolute atomic E-state index is 10.5. The van der Waals surface area contributed by atoms with Crippen molar-refractivity contribution in [3.05, 3.63) is 42.3 Å². The number of carbonyl (C=O) groups is 2. The van der Waals surface area contributed by atoms with E-state index in [-0.39, 0.29) is 40.7 Å². The van der Waals surface area contributed by atoms with Crippen LogP contribution in [0, 0.1) is 6.92 Å². The van der Waals surface area contributed by atoms with Crippen LogP contribution in [0.2, 0.25) is 0 Å². The van der Waals surface area contributed by atoms with Crippen LogP contribution in [0.15, 0.2) is 24.3 Å². The van der Waals surface area contributed by atoms with Crippen LogP contribution in [-0.4, -0.2) is 22.2 Å². The zero-order valence-corrected chi connectivity index (χ0v) is 12.1. The minimum atomic E-state index is -1.23. The molecule has 0 amide bonds. The molecule has 0 unspecified atom stereocenters. The smallest absolute Gasteiger partial charge is 0.478 e. The van der Waals surface area contributed by atoms with Crippen molar-refractivity contribution in [2.24, 2.45) is 0 Å². The number of aromatic carboxylic acids is 2. The molecule has 1 rings (SSSR count). The molecule has 0 radical (unpaired) electrons. The molecule has 5 heteroatoms. The second-order valence-electron chi connectivity index (χ2n) is 3.01. The molecule has 1 aromatic rings. The van der Waals surface area contributed by atoms with E-state index in [4.69, 9.17) is 10.2 Å². The normalized spacial score (nSPS) is 8.35. The van der Waals surface area contributed by atoms with Crippen LogP contribution < -0.4 is 29.6 Å². The summed E-state index contributed by atoms with van der Waals surface area (Å²) in [4.78, 5) is 20.9. The van der Waals surface area contributed by atoms with Crippen molar-refractivity contribution < 1.29 is 49.4 Å². The van der Waals surface area contributed by atoms with Gasteiger partial charge in [-0.1, -0.05) is 25.5 Å². The fourth-order valence-electron chi connectivity index (χ4n) is 0.856. The Morgan fingerprint density at radius 1 is 1.12 bits per heavy atom. The Hall–Kier alpha value is -0.840. The van der Waals surface area contributed by atoms with Crippen molar-refractivity contribution >= 4 is 11.9 Å². The monoisotopic (exact) mass is 246 g/mol. The third kappa shape index (κ3) is 7.15. The van der Waals surface area contributed by atoms with Gasteiger partial charge in [-0.2, -0.15) is 6.42 Å². The number of carboxylic acid groups (broad SMARTS) is 2. The Morgan fingerprint density at radius 3 is 1.59 bits per heavy atom. The zero-order valence-electron chi connectivity index (χ0n) is 10.1. The molecule has 2 N–H and O–H groups in total. The van der Waals surface area contributed by atoms with Crippen molar-refractivity contribution in [1.29, 1.82) is 0 Å². The van der Waals surface area contributed by atoms with Crippen LogP contribution in [0.25, 0.3) is 0 Å². The first-order valence-corrected chi connectivity index (χ1v) is 4.89. The second kappa shape index (κ2) is 10.3. The predicted molar refractivity (Wildman–Crippen MR) is 60.6 cm³/mol. The van der Waals surface area contributed by atoms with Crippen LogP contribution in [-0.2, 0) is 0 Å². The van der Waals surface area contributed by atoms with E-state index in [2.05, 4.69) is 13.8 Å². The van der Waals surface area contributed by atoms with Crippen LogP contribution in [0.3, 0.4) is 0 Å². The van der Waals surface area contributed by atoms with Crippen LogP contribution in [0.5, 0.6) is 0 Å². The van der Waals surface area contributed by atoms with Gasteiger partial charge in [0.05, 0.1) is 11.1 Å². The Kier molecular flexibility index (Phi) is 11.2. The Bertz CT molecular complexity index is 328. The molecule has 0 saturated carbocycles. The Labute approximate surface area is 123 Å². The second-order valence-corrected chi connectivity index (χ2v) is 3.01. The van der Waals surface area contributed by atoms with Gasteiger partial charge in [0.2, 0.25) is 0 Å². The van der Waals surface area contributed by atoms with Crippen molar-refractivity contribution in [3.63, 3.8) is 0 Å². The molecule has 0 saturated heterocycles. The maximum Gasteiger partial charge on any atom is 1.00 e. The number of benzene rings is 1. The number of rotatable bonds is 3. The first kappa shape index (κ1) is 18.5. The van der Waals surface area contributed by atoms with Gasteiger partial charge in [-0.15, -0.1) is 0 Å². The third-order valence-corrected chi connectivity index (χ3v) is 1.74. The van der Waals surface area contributed by atoms with Gasteiger partial charge in [0, 0.05) is 0 Å². The molecule has 0 atom stereocenters. The molecule has 1 aromatic carbocycles. The van der Waals surface area contributed by atoms with Crippen molar-refractivity contribution in [1.82, 2.24) is 0 Å². The van der Waals surface area contributed by atoms with Crippen molar-refractivity contribution in [2.45, 2.75) is 19.8 Å². The van der Waals surface area contributed by atoms with Gasteiger partial charge in [0.15, 0.2) is 0 Å². The van der Waals surface area contributed by atoms with Crippen LogP contribution in [0.1, 0.15) is 40.5 Å². The fraction of sp³-hybridized carbons (Fsp3) is 0.250. The van der Waals surface area contributed by atoms with Crippen LogP contribution in [0.4, 0.5) is 0 Å². The topological polar surface area (TPSA) is 74.6 Å². The number of carboxylic acids is 2. The summed E-state index contributed by atoms with van der Waals surface area (Å²) in [5.74, 6) is -2.46. The third-order valence-electron chi connectivity index (χ3n) is 1.74. The molecule has 88 valence electrons. The van der Waals surface area contributed by atoms with E-state index in [1.165, 1.54) is 30.7 Å². The molecular formula is C12H15NaO4. The molecule has 0 aliphatic heterocycles. The van der Waals surface area contributed by atoms with Gasteiger partial charge in [-0.25, -0.2) is 9.59 Å². The summed E-state index contributed by atoms with van der Waals surface area (Å²) in [5, 5.41) is 17.1. The van der Waals surface area contributed by atoms with Gasteiger partial charge in [-0.3, -0.25) is 0 Å². The number of hydrogen-bond donors (Lipinski definition) is 2. The molecule has 0 spiro atoms. The molecule has 0 bridgehead atoms. The summed E-state index contributed by atoms with van der Waals surface area (Å²) in [6.45, 7) is 5.72. The standard InChI is InChI=1S/C8H6O4.C4H9.Na/c9-7(10)5-3-1-2-4-6(5)8(11)12;1-3-4-2;/h1-4H,(H,9,10)(H,11,12);1,3-4H2,2H3;/q;-1;+1. The van der Waals surface area contributed by atoms with E-state index in [1.54, 1.807) is 0 Å². The summed E-state index contributed by atoms with van der Waals surface area (Å²) < 4.78 is 0. The first-order chi connectivity index (χ1) is 7.54. The van der Waals surface area contributed by atoms with Gasteiger partial charge >= 0.3 is 41.5 Å². The fourth-order valence-corrected chi connectivity index (χ4v) is 0.856. The summed E-state index contributed by atoms with van der Waals surface area (Å²) >= 11 is 0. The maximum atomic E-state index is 10.5. The first-order valence-electron chi connectivity index (χ1n) is 4.89. The number of hydrogen-bond acceptors (Lipinski definition) is 2. The van der Waals surface area contributed by atoms with Crippen LogP contribution >= 0.6 is 0 Å². The van der Waals surface area contributed by atoms with Crippen molar-refractivity contribution in [3.8, 4) is 0 Å². The zero-order chi connectivity index (χ0) is 12.6. The molecule has 0 aliphatic rings. The molecule has 0 heterocycles. The summed E-state index contributed by atoms with van der Waals surface area (Å²) in [6.07, 6.45) is 2.28. The van der Waals surface area contributed by atoms with E-state index < -0.39 is 11.9 Å². The largest absolute Gasteiger partial charge is 1.00 e. The summed E-state index contributed by atoms with van der Waals surface area (Å²) in [7, 11) is 0. The Balaban J connectivity index is 0. The summed E-state index contributed by atoms with van der Waals surface area (Å²) in [5.41, 5.74) is -0.380. The van der Waals surface area contributed by atoms with E-state index in [0.717, 1.165) is 6.42 Å². The minimum Gasteiger partial charge on any atom is -0.478 e. The Morgan fingerprint density at radius 2 is 1.41 bits per heavy atom. The predicted octanol–water partition coefficient (Wildman–Crippen LogP) is -0.292. The molecule has 0 aromatic heterocycles. The average Bonchev–Trinajstić information content (AvgIpc) is 2.29. The van der Waals surface area contributed by atoms with E-state index in [9.17, 15) is 9.59 Å². The molecule has 0 fully saturated rings. The van der Waals surface area contributed by atoms with Gasteiger partial charge in [0.25, 0.3) is 0 Å². The molecular weight excluding hydrogens is 231 g/mol. The van der Waals surface area contributed by atoms with Gasteiger partial charge in [-0.05, 0) is 12.1 Å². The quantitative estimate of drug-likeness (QED) is 0.567. The van der Waals surface area contributed by atoms with Crippen molar-refractivity contribution in [2.75, 3.05) is 0 Å². The van der Waals surface area contributed by atoms with Gasteiger partial charge < -0.3 is 17.1 Å². The number of unbranched alkanes of at least 4 members (excludes halogenated alkanes) is 1. The minimum absolute atomic E-state index is 0. The van der Waals surface area contributed by atoms with E-state index in [0.29, 0.717) is 0 Å². The average molecular weight is 246 g/mol. The molecule has 17 heavy (non-hydrogen) atoms. The van der Waals surface area contributed by atoms with Gasteiger partial charge in [0.1, 0.15) is 0 Å². The summed E-state index contributed by atoms with van der Waals surface area (Å²) in [6, 6.07) is 5.48. The van der Waals surface area contributed by atoms with E-state index >= 15 is 0 Å². The molecule has 4 nitrogen and oxygen atoms in total. The SMILES string of the molecule is O=C(O)c1ccccc1C(=O)O.[CH2-]CCC.[Na+].